The number of aromatic nitrogens is 4. The van der Waals surface area contributed by atoms with E-state index < -0.39 is 5.97 Å². The maximum atomic E-state index is 12.3. The van der Waals surface area contributed by atoms with E-state index in [-0.39, 0.29) is 11.6 Å². The number of hydrogen-bond acceptors (Lipinski definition) is 5. The molecule has 3 aromatic rings. The van der Waals surface area contributed by atoms with Crippen LogP contribution in [0.15, 0.2) is 30.6 Å². The lowest BCUT2D eigenvalue weighted by Crippen LogP contribution is -2.41. The molecule has 0 aromatic carbocycles. The molecule has 1 fully saturated rings. The Kier molecular flexibility index (Phi) is 5.58. The quantitative estimate of drug-likeness (QED) is 0.528. The first-order chi connectivity index (χ1) is 14.1. The number of pyridine rings is 2. The minimum absolute atomic E-state index is 0.255. The van der Waals surface area contributed by atoms with E-state index in [0.29, 0.717) is 18.3 Å². The zero-order chi connectivity index (χ0) is 20.4. The zero-order valence-electron chi connectivity index (χ0n) is 17.1. The highest BCUT2D eigenvalue weighted by atomic mass is 16.5. The van der Waals surface area contributed by atoms with Gasteiger partial charge in [0.2, 0.25) is 0 Å². The maximum absolute atomic E-state index is 12.3. The molecule has 0 atom stereocenters. The monoisotopic (exact) mass is 395 g/mol. The van der Waals surface area contributed by atoms with Crippen molar-refractivity contribution in [3.8, 4) is 11.1 Å². The van der Waals surface area contributed by atoms with E-state index >= 15 is 0 Å². The molecule has 7 heteroatoms. The highest BCUT2D eigenvalue weighted by Crippen LogP contribution is 2.33. The first-order valence-corrected chi connectivity index (χ1v) is 10.2. The third-order valence-electron chi connectivity index (χ3n) is 5.39. The standard InChI is InChI=1S/C22H26N4O3/c1-4-29-22(27)18-13-17(19-20(14(2)3)24-25-21(19)23-18)15-5-9-26(10-6-15)16-7-11-28-12-8-16/h5-6,9-10,13-14,16H,4,7-8,11-12H2,1-3H3/p+1. The van der Waals surface area contributed by atoms with Crippen molar-refractivity contribution >= 4 is 17.0 Å². The van der Waals surface area contributed by atoms with Gasteiger partial charge in [0, 0.05) is 30.7 Å². The Morgan fingerprint density at radius 3 is 2.69 bits per heavy atom. The summed E-state index contributed by atoms with van der Waals surface area (Å²) < 4.78 is 12.9. The Morgan fingerprint density at radius 2 is 2.03 bits per heavy atom. The largest absolute Gasteiger partial charge is 0.461 e. The van der Waals surface area contributed by atoms with Crippen LogP contribution < -0.4 is 4.57 Å². The second kappa shape index (κ2) is 8.29. The van der Waals surface area contributed by atoms with Crippen LogP contribution in [0.1, 0.15) is 61.8 Å². The highest BCUT2D eigenvalue weighted by Gasteiger charge is 2.23. The molecule has 0 spiro atoms. The van der Waals surface area contributed by atoms with Crippen LogP contribution in [-0.2, 0) is 9.47 Å². The fourth-order valence-corrected chi connectivity index (χ4v) is 3.85. The van der Waals surface area contributed by atoms with E-state index in [1.165, 1.54) is 0 Å². The predicted molar refractivity (Wildman–Crippen MR) is 109 cm³/mol. The molecule has 0 unspecified atom stereocenters. The summed E-state index contributed by atoms with van der Waals surface area (Å²) in [6, 6.07) is 6.47. The molecule has 0 bridgehead atoms. The van der Waals surface area contributed by atoms with Crippen LogP contribution in [0.25, 0.3) is 22.2 Å². The van der Waals surface area contributed by atoms with Gasteiger partial charge >= 0.3 is 5.97 Å². The van der Waals surface area contributed by atoms with E-state index in [0.717, 1.165) is 48.3 Å². The Hall–Kier alpha value is -2.80. The van der Waals surface area contributed by atoms with E-state index in [4.69, 9.17) is 9.47 Å². The number of nitrogens with one attached hydrogen (secondary N) is 1. The van der Waals surface area contributed by atoms with Crippen LogP contribution in [-0.4, -0.2) is 41.0 Å². The molecule has 4 heterocycles. The average molecular weight is 395 g/mol. The molecule has 4 rings (SSSR count). The lowest BCUT2D eigenvalue weighted by molar-refractivity contribution is -0.726. The summed E-state index contributed by atoms with van der Waals surface area (Å²) >= 11 is 0. The molecule has 0 saturated carbocycles. The first-order valence-electron chi connectivity index (χ1n) is 10.2. The van der Waals surface area contributed by atoms with Gasteiger partial charge in [-0.1, -0.05) is 13.8 Å². The second-order valence-corrected chi connectivity index (χ2v) is 7.64. The number of hydrogen-bond donors (Lipinski definition) is 1. The summed E-state index contributed by atoms with van der Waals surface area (Å²) in [5.74, 6) is -0.178. The van der Waals surface area contributed by atoms with E-state index in [2.05, 4.69) is 58.1 Å². The fraction of sp³-hybridized carbons (Fsp3) is 0.455. The van der Waals surface area contributed by atoms with Crippen molar-refractivity contribution in [2.24, 2.45) is 0 Å². The minimum atomic E-state index is -0.432. The Bertz CT molecular complexity index is 1000. The van der Waals surface area contributed by atoms with E-state index in [1.54, 1.807) is 6.92 Å². The number of carbonyl (C=O) groups is 1. The Morgan fingerprint density at radius 1 is 1.31 bits per heavy atom. The van der Waals surface area contributed by atoms with Gasteiger partial charge in [0.25, 0.3) is 0 Å². The molecule has 3 aromatic heterocycles. The van der Waals surface area contributed by atoms with Gasteiger partial charge < -0.3 is 9.47 Å². The molecule has 1 aliphatic heterocycles. The molecule has 7 nitrogen and oxygen atoms in total. The summed E-state index contributed by atoms with van der Waals surface area (Å²) in [6.45, 7) is 7.93. The maximum Gasteiger partial charge on any atom is 0.357 e. The van der Waals surface area contributed by atoms with Gasteiger partial charge in [-0.2, -0.15) is 5.10 Å². The van der Waals surface area contributed by atoms with Crippen molar-refractivity contribution in [3.63, 3.8) is 0 Å². The van der Waals surface area contributed by atoms with Crippen molar-refractivity contribution in [3.05, 3.63) is 42.0 Å². The highest BCUT2D eigenvalue weighted by molar-refractivity contribution is 5.99. The number of rotatable bonds is 5. The van der Waals surface area contributed by atoms with Crippen molar-refractivity contribution in [2.75, 3.05) is 19.8 Å². The smallest absolute Gasteiger partial charge is 0.357 e. The predicted octanol–water partition coefficient (Wildman–Crippen LogP) is 3.56. The van der Waals surface area contributed by atoms with E-state index in [9.17, 15) is 4.79 Å². The van der Waals surface area contributed by atoms with Gasteiger partial charge in [-0.3, -0.25) is 5.10 Å². The number of aromatic amines is 1. The lowest BCUT2D eigenvalue weighted by atomic mass is 9.98. The summed E-state index contributed by atoms with van der Waals surface area (Å²) in [5.41, 5.74) is 3.79. The summed E-state index contributed by atoms with van der Waals surface area (Å²) in [4.78, 5) is 16.8. The summed E-state index contributed by atoms with van der Waals surface area (Å²) in [5, 5.41) is 8.41. The molecule has 152 valence electrons. The van der Waals surface area contributed by atoms with Crippen molar-refractivity contribution < 1.29 is 18.8 Å². The number of esters is 1. The van der Waals surface area contributed by atoms with Crippen LogP contribution in [0.5, 0.6) is 0 Å². The third-order valence-corrected chi connectivity index (χ3v) is 5.39. The first kappa shape index (κ1) is 19.5. The van der Waals surface area contributed by atoms with Gasteiger partial charge in [0.15, 0.2) is 29.8 Å². The normalized spacial score (nSPS) is 15.2. The fourth-order valence-electron chi connectivity index (χ4n) is 3.85. The Balaban J connectivity index is 1.79. The minimum Gasteiger partial charge on any atom is -0.461 e. The van der Waals surface area contributed by atoms with Gasteiger partial charge in [-0.25, -0.2) is 14.3 Å². The molecule has 29 heavy (non-hydrogen) atoms. The van der Waals surface area contributed by atoms with Crippen LogP contribution >= 0.6 is 0 Å². The molecule has 0 aliphatic carbocycles. The number of carbonyl (C=O) groups excluding carboxylic acids is 1. The summed E-state index contributed by atoms with van der Waals surface area (Å²) in [7, 11) is 0. The second-order valence-electron chi connectivity index (χ2n) is 7.64. The van der Waals surface area contributed by atoms with Gasteiger partial charge in [0.1, 0.15) is 0 Å². The Labute approximate surface area is 170 Å². The van der Waals surface area contributed by atoms with Gasteiger partial charge in [0.05, 0.1) is 25.2 Å². The van der Waals surface area contributed by atoms with Crippen molar-refractivity contribution in [1.29, 1.82) is 0 Å². The van der Waals surface area contributed by atoms with Crippen LogP contribution in [0, 0.1) is 0 Å². The van der Waals surface area contributed by atoms with Crippen molar-refractivity contribution in [2.45, 2.75) is 45.6 Å². The lowest BCUT2D eigenvalue weighted by Gasteiger charge is -2.18. The zero-order valence-corrected chi connectivity index (χ0v) is 17.1. The average Bonchev–Trinajstić information content (AvgIpc) is 3.18. The molecular formula is C22H27N4O3+. The third kappa shape index (κ3) is 3.87. The topological polar surface area (TPSA) is 81.0 Å². The SMILES string of the molecule is CCOC(=O)c1cc(-c2cc[n+](C3CCOCC3)cc2)c2c(C(C)C)[nH]nc2n1. The molecule has 1 N–H and O–H groups in total. The van der Waals surface area contributed by atoms with Gasteiger partial charge in [-0.05, 0) is 30.0 Å². The number of nitrogens with zero attached hydrogens (tertiary/aromatic N) is 3. The number of fused-ring (bicyclic) bond motifs is 1. The summed E-state index contributed by atoms with van der Waals surface area (Å²) in [6.07, 6.45) is 6.26. The van der Waals surface area contributed by atoms with Crippen LogP contribution in [0.4, 0.5) is 0 Å². The van der Waals surface area contributed by atoms with Gasteiger partial charge in [-0.15, -0.1) is 0 Å². The molecule has 1 aliphatic rings. The van der Waals surface area contributed by atoms with E-state index in [1.807, 2.05) is 6.07 Å². The molecular weight excluding hydrogens is 368 g/mol. The van der Waals surface area contributed by atoms with Crippen LogP contribution in [0.2, 0.25) is 0 Å². The molecule has 0 radical (unpaired) electrons. The van der Waals surface area contributed by atoms with Crippen molar-refractivity contribution in [1.82, 2.24) is 15.2 Å². The molecule has 0 amide bonds. The van der Waals surface area contributed by atoms with Crippen LogP contribution in [0.3, 0.4) is 0 Å². The number of ether oxygens (including phenoxy) is 2. The molecule has 1 saturated heterocycles. The number of H-pyrrole nitrogens is 1.